The normalized spacial score (nSPS) is 18.6. The number of likely N-dealkylation sites (tertiary alicyclic amines) is 1. The third-order valence-electron chi connectivity index (χ3n) is 4.11. The van der Waals surface area contributed by atoms with Crippen LogP contribution in [0.25, 0.3) is 0 Å². The van der Waals surface area contributed by atoms with E-state index >= 15 is 0 Å². The van der Waals surface area contributed by atoms with E-state index in [2.05, 4.69) is 22.2 Å². The number of nitrogens with zero attached hydrogens (tertiary/aromatic N) is 3. The van der Waals surface area contributed by atoms with Gasteiger partial charge in [0, 0.05) is 31.6 Å². The molecule has 118 valence electrons. The van der Waals surface area contributed by atoms with E-state index in [0.29, 0.717) is 18.9 Å². The van der Waals surface area contributed by atoms with Crippen molar-refractivity contribution in [2.75, 3.05) is 25.0 Å². The summed E-state index contributed by atoms with van der Waals surface area (Å²) < 4.78 is 1.97. The van der Waals surface area contributed by atoms with Gasteiger partial charge >= 0.3 is 0 Å². The Labute approximate surface area is 126 Å². The molecule has 6 nitrogen and oxygen atoms in total. The maximum atomic E-state index is 11.9. The van der Waals surface area contributed by atoms with Crippen LogP contribution in [0.4, 0.5) is 5.82 Å². The Kier molecular flexibility index (Phi) is 5.76. The Hall–Kier alpha value is -1.40. The Bertz CT molecular complexity index is 449. The molecule has 0 spiro atoms. The zero-order valence-electron chi connectivity index (χ0n) is 13.1. The molecule has 2 rings (SSSR count). The van der Waals surface area contributed by atoms with Crippen molar-refractivity contribution in [2.24, 2.45) is 5.73 Å². The van der Waals surface area contributed by atoms with E-state index in [4.69, 9.17) is 5.73 Å². The predicted molar refractivity (Wildman–Crippen MR) is 84.1 cm³/mol. The minimum absolute atomic E-state index is 0.0139. The summed E-state index contributed by atoms with van der Waals surface area (Å²) in [6, 6.07) is 2.31. The number of aromatic nitrogens is 2. The third kappa shape index (κ3) is 4.54. The van der Waals surface area contributed by atoms with Crippen LogP contribution in [-0.4, -0.2) is 46.3 Å². The van der Waals surface area contributed by atoms with Gasteiger partial charge < -0.3 is 16.0 Å². The molecule has 1 fully saturated rings. The third-order valence-corrected chi connectivity index (χ3v) is 4.11. The van der Waals surface area contributed by atoms with Crippen LogP contribution in [0.1, 0.15) is 45.6 Å². The van der Waals surface area contributed by atoms with Crippen LogP contribution in [0.5, 0.6) is 0 Å². The Morgan fingerprint density at radius 1 is 1.52 bits per heavy atom. The minimum atomic E-state index is 0.0139. The highest BCUT2D eigenvalue weighted by atomic mass is 16.1. The van der Waals surface area contributed by atoms with Crippen LogP contribution in [0.2, 0.25) is 0 Å². The van der Waals surface area contributed by atoms with Gasteiger partial charge in [0.15, 0.2) is 0 Å². The smallest absolute Gasteiger partial charge is 0.225 e. The fourth-order valence-corrected chi connectivity index (χ4v) is 2.75. The summed E-state index contributed by atoms with van der Waals surface area (Å²) in [6.07, 6.45) is 5.08. The summed E-state index contributed by atoms with van der Waals surface area (Å²) in [6.45, 7) is 7.41. The molecule has 1 amide bonds. The molecule has 0 aliphatic carbocycles. The number of nitrogens with two attached hydrogens (primary N) is 1. The lowest BCUT2D eigenvalue weighted by atomic mass is 10.1. The molecule has 1 atom stereocenters. The second kappa shape index (κ2) is 7.56. The number of rotatable bonds is 6. The second-order valence-electron chi connectivity index (χ2n) is 5.89. The summed E-state index contributed by atoms with van der Waals surface area (Å²) >= 11 is 0. The number of nitrogens with one attached hydrogen (secondary N) is 1. The average Bonchev–Trinajstić information content (AvgIpc) is 2.93. The highest BCUT2D eigenvalue weighted by molar-refractivity contribution is 5.89. The fraction of sp³-hybridized carbons (Fsp3) is 0.733. The standard InChI is InChI=1S/C15H27N5O/c1-3-19-10-7-13(8-11-19)20-14(6-9-17-20)18-15(21)5-4-12(2)16/h6,9,12-13H,3-5,7-8,10-11,16H2,1-2H3,(H,18,21). The first-order valence-corrected chi connectivity index (χ1v) is 7.91. The molecule has 0 radical (unpaired) electrons. The van der Waals surface area contributed by atoms with E-state index < -0.39 is 0 Å². The van der Waals surface area contributed by atoms with Crippen LogP contribution in [0.3, 0.4) is 0 Å². The molecule has 0 bridgehead atoms. The maximum Gasteiger partial charge on any atom is 0.225 e. The van der Waals surface area contributed by atoms with E-state index in [-0.39, 0.29) is 11.9 Å². The van der Waals surface area contributed by atoms with Crippen LogP contribution in [0.15, 0.2) is 12.3 Å². The second-order valence-corrected chi connectivity index (χ2v) is 5.89. The van der Waals surface area contributed by atoms with Gasteiger partial charge in [-0.1, -0.05) is 6.92 Å². The lowest BCUT2D eigenvalue weighted by Gasteiger charge is -2.31. The first-order valence-electron chi connectivity index (χ1n) is 7.91. The van der Waals surface area contributed by atoms with Crippen LogP contribution >= 0.6 is 0 Å². The van der Waals surface area contributed by atoms with Gasteiger partial charge in [0.2, 0.25) is 5.91 Å². The van der Waals surface area contributed by atoms with E-state index in [0.717, 1.165) is 38.3 Å². The molecule has 21 heavy (non-hydrogen) atoms. The SMILES string of the molecule is CCN1CCC(n2nccc2NC(=O)CCC(C)N)CC1. The summed E-state index contributed by atoms with van der Waals surface area (Å²) in [5, 5.41) is 7.36. The zero-order chi connectivity index (χ0) is 15.2. The highest BCUT2D eigenvalue weighted by Crippen LogP contribution is 2.25. The van der Waals surface area contributed by atoms with Gasteiger partial charge in [-0.05, 0) is 32.7 Å². The number of amides is 1. The average molecular weight is 293 g/mol. The predicted octanol–water partition coefficient (Wildman–Crippen LogP) is 1.61. The molecule has 2 heterocycles. The van der Waals surface area contributed by atoms with Gasteiger partial charge in [-0.25, -0.2) is 4.68 Å². The van der Waals surface area contributed by atoms with Crippen molar-refractivity contribution in [1.82, 2.24) is 14.7 Å². The molecule has 0 aromatic carbocycles. The lowest BCUT2D eigenvalue weighted by Crippen LogP contribution is -2.35. The lowest BCUT2D eigenvalue weighted by molar-refractivity contribution is -0.116. The highest BCUT2D eigenvalue weighted by Gasteiger charge is 2.22. The number of carbonyl (C=O) groups excluding carboxylic acids is 1. The van der Waals surface area contributed by atoms with E-state index in [1.165, 1.54) is 0 Å². The summed E-state index contributed by atoms with van der Waals surface area (Å²) in [5.41, 5.74) is 5.68. The van der Waals surface area contributed by atoms with E-state index in [1.54, 1.807) is 6.20 Å². The van der Waals surface area contributed by atoms with Crippen molar-refractivity contribution in [2.45, 2.75) is 51.6 Å². The molecule has 1 aliphatic rings. The Balaban J connectivity index is 1.91. The Morgan fingerprint density at radius 3 is 2.86 bits per heavy atom. The van der Waals surface area contributed by atoms with Gasteiger partial charge in [-0.3, -0.25) is 4.79 Å². The maximum absolute atomic E-state index is 11.9. The Morgan fingerprint density at radius 2 is 2.24 bits per heavy atom. The van der Waals surface area contributed by atoms with Gasteiger partial charge in [0.25, 0.3) is 0 Å². The molecule has 6 heteroatoms. The van der Waals surface area contributed by atoms with Crippen LogP contribution < -0.4 is 11.1 Å². The number of hydrogen-bond acceptors (Lipinski definition) is 4. The van der Waals surface area contributed by atoms with Gasteiger partial charge in [0.1, 0.15) is 5.82 Å². The number of hydrogen-bond donors (Lipinski definition) is 2. The van der Waals surface area contributed by atoms with Crippen molar-refractivity contribution >= 4 is 11.7 Å². The summed E-state index contributed by atoms with van der Waals surface area (Å²) in [7, 11) is 0. The van der Waals surface area contributed by atoms with Gasteiger partial charge in [-0.2, -0.15) is 5.10 Å². The molecule has 3 N–H and O–H groups in total. The van der Waals surface area contributed by atoms with Crippen molar-refractivity contribution in [1.29, 1.82) is 0 Å². The molecule has 1 aromatic rings. The number of carbonyl (C=O) groups is 1. The van der Waals surface area contributed by atoms with Crippen molar-refractivity contribution in [3.8, 4) is 0 Å². The largest absolute Gasteiger partial charge is 0.328 e. The molecular weight excluding hydrogens is 266 g/mol. The van der Waals surface area contributed by atoms with Gasteiger partial charge in [0.05, 0.1) is 12.2 Å². The topological polar surface area (TPSA) is 76.2 Å². The van der Waals surface area contributed by atoms with Crippen molar-refractivity contribution in [3.63, 3.8) is 0 Å². The zero-order valence-corrected chi connectivity index (χ0v) is 13.1. The van der Waals surface area contributed by atoms with Crippen molar-refractivity contribution < 1.29 is 4.79 Å². The summed E-state index contributed by atoms with van der Waals surface area (Å²) in [4.78, 5) is 14.4. The van der Waals surface area contributed by atoms with Crippen molar-refractivity contribution in [3.05, 3.63) is 12.3 Å². The molecule has 1 aromatic heterocycles. The van der Waals surface area contributed by atoms with Crippen LogP contribution in [0, 0.1) is 0 Å². The van der Waals surface area contributed by atoms with E-state index in [1.807, 2.05) is 17.7 Å². The number of anilines is 1. The molecule has 1 unspecified atom stereocenters. The minimum Gasteiger partial charge on any atom is -0.328 e. The number of piperidine rings is 1. The summed E-state index contributed by atoms with van der Waals surface area (Å²) in [5.74, 6) is 0.819. The monoisotopic (exact) mass is 293 g/mol. The first-order chi connectivity index (χ1) is 10.1. The molecule has 1 saturated heterocycles. The van der Waals surface area contributed by atoms with Crippen LogP contribution in [-0.2, 0) is 4.79 Å². The molecular formula is C15H27N5O. The van der Waals surface area contributed by atoms with E-state index in [9.17, 15) is 4.79 Å². The molecule has 1 aliphatic heterocycles. The first kappa shape index (κ1) is 16.0. The van der Waals surface area contributed by atoms with Gasteiger partial charge in [-0.15, -0.1) is 0 Å². The fourth-order valence-electron chi connectivity index (χ4n) is 2.75. The quantitative estimate of drug-likeness (QED) is 0.835. The molecule has 0 saturated carbocycles.